The van der Waals surface area contributed by atoms with Crippen molar-refractivity contribution in [1.29, 1.82) is 0 Å². The molecule has 10 saturated carbocycles. The zero-order chi connectivity index (χ0) is 50.6. The molecule has 14 fully saturated rings. The van der Waals surface area contributed by atoms with Gasteiger partial charge in [0.1, 0.15) is 11.2 Å². The Morgan fingerprint density at radius 1 is 0.600 bits per heavy atom. The Bertz CT molecular complexity index is 2250. The van der Waals surface area contributed by atoms with Crippen LogP contribution in [0, 0.1) is 80.8 Å². The molecule has 14 rings (SSSR count). The Morgan fingerprint density at radius 3 is 1.60 bits per heavy atom. The molecule has 4 heterocycles. The number of rotatable bonds is 13. The maximum absolute atomic E-state index is 16.0. The Balaban J connectivity index is 0.00000172. The minimum absolute atomic E-state index is 0. The fourth-order valence-electron chi connectivity index (χ4n) is 19.4. The number of ether oxygens (including phenoxy) is 8. The van der Waals surface area contributed by atoms with Crippen molar-refractivity contribution in [2.24, 2.45) is 80.8 Å². The maximum atomic E-state index is 16.0. The van der Waals surface area contributed by atoms with E-state index in [1.54, 1.807) is 13.8 Å². The molecule has 80 heavy (non-hydrogen) atoms. The number of carbonyl (C=O) groups excluding carboxylic acids is 7. The van der Waals surface area contributed by atoms with Gasteiger partial charge in [-0.1, -0.05) is 73.3 Å². The van der Waals surface area contributed by atoms with Crippen LogP contribution in [0.1, 0.15) is 222 Å². The standard InChI is InChI=1S/C55H74O17.8CH4/c1-29-33-13-34(36-21-67-42(57)39(33)36)35(29)20-48(3,44(59)71-55-19-32-16-52(63,27-55)26-53(64,17-32)28-55)22-49(4,40-30(2)41(56)70-43(40)58)45(60)72-54-18-31-14-50(24-54,46(61)68-37-9-5-7-11-65-37)23-51(15-31,25-54)47(62)69-38-10-6-8-12-66-38;;;;;;;;/h29-40,63-64H,5-28H2,1-4H3;8*1H4. The topological polar surface area (TPSA) is 234 Å². The number of cyclic esters (lactones) is 3. The molecule has 0 aromatic carbocycles. The number of hydrogen-bond acceptors (Lipinski definition) is 17. The summed E-state index contributed by atoms with van der Waals surface area (Å²) in [5, 5.41) is 23.6. The Morgan fingerprint density at radius 2 is 1.11 bits per heavy atom. The minimum atomic E-state index is -1.93. The summed E-state index contributed by atoms with van der Waals surface area (Å²) in [6.07, 6.45) is 6.90. The van der Waals surface area contributed by atoms with E-state index in [1.807, 2.05) is 0 Å². The predicted molar refractivity (Wildman–Crippen MR) is 299 cm³/mol. The molecule has 14 aliphatic rings. The molecule has 0 amide bonds. The van der Waals surface area contributed by atoms with Crippen LogP contribution in [0.3, 0.4) is 0 Å². The van der Waals surface area contributed by atoms with Crippen molar-refractivity contribution >= 4 is 41.8 Å². The molecule has 460 valence electrons. The maximum Gasteiger partial charge on any atom is 0.318 e. The number of carbonyl (C=O) groups is 7. The third-order valence-corrected chi connectivity index (χ3v) is 21.2. The Labute approximate surface area is 479 Å². The fraction of sp³-hybridized carbons (Fsp3) is 0.889. The number of fused-ring (bicyclic) bond motifs is 5. The van der Waals surface area contributed by atoms with Gasteiger partial charge in [-0.15, -0.1) is 0 Å². The van der Waals surface area contributed by atoms with Gasteiger partial charge in [-0.25, -0.2) is 0 Å². The lowest BCUT2D eigenvalue weighted by Crippen LogP contribution is -2.67. The Kier molecular flexibility index (Phi) is 20.1. The van der Waals surface area contributed by atoms with Gasteiger partial charge in [-0.05, 0) is 139 Å². The van der Waals surface area contributed by atoms with Gasteiger partial charge in [0.25, 0.3) is 0 Å². The lowest BCUT2D eigenvalue weighted by molar-refractivity contribution is -0.266. The highest BCUT2D eigenvalue weighted by molar-refractivity contribution is 6.00. The van der Waals surface area contributed by atoms with Crippen LogP contribution < -0.4 is 0 Å². The third-order valence-electron chi connectivity index (χ3n) is 21.2. The van der Waals surface area contributed by atoms with Gasteiger partial charge >= 0.3 is 41.8 Å². The normalized spacial score (nSPS) is 44.0. The van der Waals surface area contributed by atoms with E-state index in [4.69, 9.17) is 37.9 Å². The van der Waals surface area contributed by atoms with Crippen molar-refractivity contribution < 1.29 is 81.7 Å². The van der Waals surface area contributed by atoms with Crippen molar-refractivity contribution in [3.8, 4) is 0 Å². The summed E-state index contributed by atoms with van der Waals surface area (Å²) in [5.74, 6) is -7.60. The average Bonchev–Trinajstić information content (AvgIpc) is 4.02. The zero-order valence-electron chi connectivity index (χ0n) is 42.4. The van der Waals surface area contributed by atoms with Gasteiger partial charge in [0.15, 0.2) is 0 Å². The molecule has 2 N–H and O–H groups in total. The smallest absolute Gasteiger partial charge is 0.318 e. The summed E-state index contributed by atoms with van der Waals surface area (Å²) in [4.78, 5) is 102. The summed E-state index contributed by atoms with van der Waals surface area (Å²) in [6.45, 7) is 8.15. The summed E-state index contributed by atoms with van der Waals surface area (Å²) >= 11 is 0. The van der Waals surface area contributed by atoms with Gasteiger partial charge in [-0.2, -0.15) is 0 Å². The van der Waals surface area contributed by atoms with Gasteiger partial charge in [0.2, 0.25) is 12.6 Å². The summed E-state index contributed by atoms with van der Waals surface area (Å²) < 4.78 is 48.7. The molecular weight excluding hydrogens is 1030 g/mol. The largest absolute Gasteiger partial charge is 0.465 e. The second kappa shape index (κ2) is 23.4. The van der Waals surface area contributed by atoms with Crippen LogP contribution in [0.25, 0.3) is 0 Å². The molecular formula is C63H106O17. The molecule has 0 radical (unpaired) electrons. The highest BCUT2D eigenvalue weighted by atomic mass is 16.7. The van der Waals surface area contributed by atoms with E-state index < -0.39 is 104 Å². The van der Waals surface area contributed by atoms with Crippen molar-refractivity contribution in [3.05, 3.63) is 0 Å². The van der Waals surface area contributed by atoms with E-state index in [9.17, 15) is 34.2 Å². The first-order valence-corrected chi connectivity index (χ1v) is 27.5. The molecule has 4 aliphatic heterocycles. The van der Waals surface area contributed by atoms with Crippen LogP contribution in [0.4, 0.5) is 0 Å². The lowest BCUT2D eigenvalue weighted by atomic mass is 9.42. The van der Waals surface area contributed by atoms with Gasteiger partial charge in [0.05, 0.1) is 70.4 Å². The van der Waals surface area contributed by atoms with Crippen LogP contribution in [0.2, 0.25) is 0 Å². The first kappa shape index (κ1) is 68.8. The molecule has 4 saturated heterocycles. The molecule has 10 aliphatic carbocycles. The van der Waals surface area contributed by atoms with Crippen molar-refractivity contribution in [2.45, 2.75) is 257 Å². The molecule has 0 spiro atoms. The summed E-state index contributed by atoms with van der Waals surface area (Å²) in [7, 11) is 0. The molecule has 17 heteroatoms. The quantitative estimate of drug-likeness (QED) is 0.0991. The van der Waals surface area contributed by atoms with Crippen molar-refractivity contribution in [3.63, 3.8) is 0 Å². The van der Waals surface area contributed by atoms with Crippen LogP contribution in [-0.4, -0.2) is 107 Å². The monoisotopic (exact) mass is 1130 g/mol. The molecule has 16 atom stereocenters. The van der Waals surface area contributed by atoms with Crippen molar-refractivity contribution in [1.82, 2.24) is 0 Å². The van der Waals surface area contributed by atoms with Crippen LogP contribution in [0.5, 0.6) is 0 Å². The van der Waals surface area contributed by atoms with E-state index in [1.165, 1.54) is 6.92 Å². The predicted octanol–water partition coefficient (Wildman–Crippen LogP) is 11.0. The zero-order valence-corrected chi connectivity index (χ0v) is 42.4. The Hall–Kier alpha value is -3.67. The number of esters is 7. The first-order chi connectivity index (χ1) is 34.0. The summed E-state index contributed by atoms with van der Waals surface area (Å²) in [6, 6.07) is 0. The highest BCUT2D eigenvalue weighted by Gasteiger charge is 2.73. The van der Waals surface area contributed by atoms with E-state index in [0.717, 1.165) is 32.1 Å². The van der Waals surface area contributed by atoms with E-state index >= 15 is 9.59 Å². The van der Waals surface area contributed by atoms with Crippen LogP contribution >= 0.6 is 0 Å². The van der Waals surface area contributed by atoms with Gasteiger partial charge in [-0.3, -0.25) is 33.6 Å². The van der Waals surface area contributed by atoms with E-state index in [2.05, 4.69) is 6.92 Å². The SMILES string of the molecule is C.C.C.C.C.C.C.C.CC1C(=O)OC(=O)C1C(C)(CC(C)(CC1C(C)C2CC1C1COC(=O)C21)C(=O)OC12CC3CC(O)(CC(O)(C3)C1)C2)C(=O)OC12CC3CC(C(=O)OC4CCCCO4)(C1)CC(C(=O)OC1CCCCO1)(C3)C2. The molecule has 0 aromatic rings. The molecule has 16 unspecified atom stereocenters. The number of hydrogen-bond donors (Lipinski definition) is 2. The highest BCUT2D eigenvalue weighted by Crippen LogP contribution is 2.70. The van der Waals surface area contributed by atoms with E-state index in [0.29, 0.717) is 71.2 Å². The second-order valence-corrected chi connectivity index (χ2v) is 26.8. The second-order valence-electron chi connectivity index (χ2n) is 26.8. The molecule has 17 nitrogen and oxygen atoms in total. The van der Waals surface area contributed by atoms with Gasteiger partial charge < -0.3 is 48.1 Å². The summed E-state index contributed by atoms with van der Waals surface area (Å²) in [5.41, 5.74) is -11.0. The van der Waals surface area contributed by atoms with Crippen LogP contribution in [-0.2, 0) is 71.5 Å². The average molecular weight is 1140 g/mol. The van der Waals surface area contributed by atoms with Crippen molar-refractivity contribution in [2.75, 3.05) is 19.8 Å². The van der Waals surface area contributed by atoms with E-state index in [-0.39, 0.29) is 164 Å². The molecule has 0 aromatic heterocycles. The van der Waals surface area contributed by atoms with Crippen LogP contribution in [0.15, 0.2) is 0 Å². The third kappa shape index (κ3) is 11.0. The fourth-order valence-corrected chi connectivity index (χ4v) is 19.4. The first-order valence-electron chi connectivity index (χ1n) is 27.5. The number of aliphatic hydroxyl groups is 2. The lowest BCUT2D eigenvalue weighted by Gasteiger charge is -2.63. The van der Waals surface area contributed by atoms with Gasteiger partial charge in [0, 0.05) is 50.9 Å². The minimum Gasteiger partial charge on any atom is -0.465 e. The molecule has 10 bridgehead atoms.